The van der Waals surface area contributed by atoms with Crippen LogP contribution in [0.15, 0.2) is 48.5 Å². The highest BCUT2D eigenvalue weighted by Gasteiger charge is 2.29. The lowest BCUT2D eigenvalue weighted by atomic mass is 10.0. The Bertz CT molecular complexity index is 865. The molecule has 30 heavy (non-hydrogen) atoms. The number of hydrogen-bond acceptors (Lipinski definition) is 6. The van der Waals surface area contributed by atoms with Gasteiger partial charge in [-0.1, -0.05) is 24.3 Å². The van der Waals surface area contributed by atoms with E-state index < -0.39 is 23.8 Å². The highest BCUT2D eigenvalue weighted by atomic mass is 16.5. The number of carbonyl (C=O) groups is 3. The Morgan fingerprint density at radius 2 is 1.47 bits per heavy atom. The second-order valence-corrected chi connectivity index (χ2v) is 6.72. The molecule has 1 atom stereocenters. The molecule has 0 aliphatic heterocycles. The molecule has 0 bridgehead atoms. The number of ether oxygens (including phenoxy) is 1. The van der Waals surface area contributed by atoms with Gasteiger partial charge in [0.1, 0.15) is 12.4 Å². The molecule has 2 aromatic rings. The standard InChI is InChI=1S/C21H25N3O6/c1-13(2)22-20(27)18(21(28)24-29)23-19(26)16-5-3-14(4-6-16)15-7-9-17(10-8-15)30-12-11-25/h3-10,13,18,25,29H,11-12H2,1-2H3,(H,22,27)(H,23,26)(H,24,28). The monoisotopic (exact) mass is 415 g/mol. The molecule has 1 unspecified atom stereocenters. The molecule has 0 aliphatic rings. The first kappa shape index (κ1) is 22.9. The Hall–Kier alpha value is -3.43. The van der Waals surface area contributed by atoms with Crippen molar-refractivity contribution in [1.82, 2.24) is 16.1 Å². The van der Waals surface area contributed by atoms with Gasteiger partial charge >= 0.3 is 0 Å². The molecule has 9 heteroatoms. The number of nitrogens with one attached hydrogen (secondary N) is 3. The first-order chi connectivity index (χ1) is 14.3. The molecule has 5 N–H and O–H groups in total. The Balaban J connectivity index is 2.09. The maximum absolute atomic E-state index is 12.5. The molecule has 0 fully saturated rings. The number of rotatable bonds is 9. The quantitative estimate of drug-likeness (QED) is 0.234. The maximum Gasteiger partial charge on any atom is 0.275 e. The van der Waals surface area contributed by atoms with E-state index in [4.69, 9.17) is 15.1 Å². The van der Waals surface area contributed by atoms with Gasteiger partial charge in [-0.25, -0.2) is 5.48 Å². The topological polar surface area (TPSA) is 137 Å². The Kier molecular flexibility index (Phi) is 8.33. The first-order valence-electron chi connectivity index (χ1n) is 9.35. The van der Waals surface area contributed by atoms with Gasteiger partial charge in [-0.15, -0.1) is 0 Å². The fourth-order valence-electron chi connectivity index (χ4n) is 2.62. The maximum atomic E-state index is 12.5. The van der Waals surface area contributed by atoms with Crippen molar-refractivity contribution >= 4 is 17.7 Å². The number of hydroxylamine groups is 1. The summed E-state index contributed by atoms with van der Waals surface area (Å²) >= 11 is 0. The number of amides is 3. The molecule has 0 radical (unpaired) electrons. The van der Waals surface area contributed by atoms with Crippen LogP contribution in [0.3, 0.4) is 0 Å². The summed E-state index contributed by atoms with van der Waals surface area (Å²) in [5, 5.41) is 22.5. The van der Waals surface area contributed by atoms with Gasteiger partial charge in [-0.3, -0.25) is 19.6 Å². The minimum atomic E-state index is -1.57. The Morgan fingerprint density at radius 1 is 0.900 bits per heavy atom. The molecule has 2 aromatic carbocycles. The first-order valence-corrected chi connectivity index (χ1v) is 9.35. The second kappa shape index (κ2) is 10.9. The van der Waals surface area contributed by atoms with Crippen molar-refractivity contribution in [3.63, 3.8) is 0 Å². The normalized spacial score (nSPS) is 11.5. The summed E-state index contributed by atoms with van der Waals surface area (Å²) in [6, 6.07) is 12.0. The minimum Gasteiger partial charge on any atom is -0.491 e. The van der Waals surface area contributed by atoms with E-state index in [0.717, 1.165) is 11.1 Å². The molecule has 3 amide bonds. The summed E-state index contributed by atoms with van der Waals surface area (Å²) in [6.07, 6.45) is 0. The van der Waals surface area contributed by atoms with E-state index in [1.54, 1.807) is 50.2 Å². The molecule has 0 aromatic heterocycles. The van der Waals surface area contributed by atoms with E-state index in [1.165, 1.54) is 5.48 Å². The third-order valence-electron chi connectivity index (χ3n) is 4.04. The highest BCUT2D eigenvalue weighted by Crippen LogP contribution is 2.23. The van der Waals surface area contributed by atoms with Crippen LogP contribution in [0.2, 0.25) is 0 Å². The molecule has 0 saturated carbocycles. The van der Waals surface area contributed by atoms with Gasteiger partial charge < -0.3 is 20.5 Å². The van der Waals surface area contributed by atoms with E-state index in [2.05, 4.69) is 10.6 Å². The highest BCUT2D eigenvalue weighted by molar-refractivity contribution is 6.08. The molecule has 0 aliphatic carbocycles. The van der Waals surface area contributed by atoms with Gasteiger partial charge in [0.05, 0.1) is 6.61 Å². The number of aliphatic hydroxyl groups excluding tert-OH is 1. The van der Waals surface area contributed by atoms with Crippen LogP contribution in [-0.4, -0.2) is 53.3 Å². The van der Waals surface area contributed by atoms with Gasteiger partial charge in [-0.05, 0) is 49.2 Å². The van der Waals surface area contributed by atoms with Crippen LogP contribution in [0.4, 0.5) is 0 Å². The summed E-state index contributed by atoms with van der Waals surface area (Å²) in [6.45, 7) is 3.56. The van der Waals surface area contributed by atoms with Gasteiger partial charge in [-0.2, -0.15) is 0 Å². The Labute approximate surface area is 174 Å². The third kappa shape index (κ3) is 6.29. The number of aliphatic hydroxyl groups is 1. The lowest BCUT2D eigenvalue weighted by Gasteiger charge is -2.18. The molecule has 160 valence electrons. The SMILES string of the molecule is CC(C)NC(=O)C(NC(=O)c1ccc(-c2ccc(OCCO)cc2)cc1)C(=O)NO. The molecule has 9 nitrogen and oxygen atoms in total. The largest absolute Gasteiger partial charge is 0.491 e. The van der Waals surface area contributed by atoms with E-state index in [-0.39, 0.29) is 24.8 Å². The van der Waals surface area contributed by atoms with Gasteiger partial charge in [0, 0.05) is 11.6 Å². The van der Waals surface area contributed by atoms with Crippen LogP contribution in [0.25, 0.3) is 11.1 Å². The predicted molar refractivity (Wildman–Crippen MR) is 109 cm³/mol. The average Bonchev–Trinajstić information content (AvgIpc) is 2.75. The van der Waals surface area contributed by atoms with Crippen molar-refractivity contribution in [2.45, 2.75) is 25.9 Å². The summed E-state index contributed by atoms with van der Waals surface area (Å²) < 4.78 is 5.32. The number of carbonyl (C=O) groups excluding carboxylic acids is 3. The number of benzene rings is 2. The van der Waals surface area contributed by atoms with Gasteiger partial charge in [0.15, 0.2) is 6.04 Å². The van der Waals surface area contributed by atoms with Crippen LogP contribution in [0.1, 0.15) is 24.2 Å². The zero-order chi connectivity index (χ0) is 22.1. The van der Waals surface area contributed by atoms with Crippen LogP contribution in [-0.2, 0) is 9.59 Å². The zero-order valence-corrected chi connectivity index (χ0v) is 16.7. The van der Waals surface area contributed by atoms with E-state index >= 15 is 0 Å². The van der Waals surface area contributed by atoms with Crippen LogP contribution < -0.4 is 20.9 Å². The van der Waals surface area contributed by atoms with Crippen molar-refractivity contribution in [3.05, 3.63) is 54.1 Å². The minimum absolute atomic E-state index is 0.0643. The number of hydrogen-bond donors (Lipinski definition) is 5. The molecular weight excluding hydrogens is 390 g/mol. The van der Waals surface area contributed by atoms with Gasteiger partial charge in [0.25, 0.3) is 17.7 Å². The Morgan fingerprint density at radius 3 is 1.97 bits per heavy atom. The smallest absolute Gasteiger partial charge is 0.275 e. The average molecular weight is 415 g/mol. The van der Waals surface area contributed by atoms with Crippen molar-refractivity contribution in [2.75, 3.05) is 13.2 Å². The molecule has 0 saturated heterocycles. The summed E-state index contributed by atoms with van der Waals surface area (Å²) in [4.78, 5) is 36.4. The predicted octanol–water partition coefficient (Wildman–Crippen LogP) is 0.853. The fraction of sp³-hybridized carbons (Fsp3) is 0.286. The lowest BCUT2D eigenvalue weighted by molar-refractivity contribution is -0.137. The third-order valence-corrected chi connectivity index (χ3v) is 4.04. The van der Waals surface area contributed by atoms with Crippen molar-refractivity contribution in [3.8, 4) is 16.9 Å². The fourth-order valence-corrected chi connectivity index (χ4v) is 2.62. The summed E-state index contributed by atoms with van der Waals surface area (Å²) in [5.41, 5.74) is 3.38. The van der Waals surface area contributed by atoms with Crippen molar-refractivity contribution in [2.24, 2.45) is 0 Å². The summed E-state index contributed by atoms with van der Waals surface area (Å²) in [5.74, 6) is -1.77. The van der Waals surface area contributed by atoms with Gasteiger partial charge in [0.2, 0.25) is 0 Å². The van der Waals surface area contributed by atoms with Crippen molar-refractivity contribution < 1.29 is 29.4 Å². The van der Waals surface area contributed by atoms with E-state index in [0.29, 0.717) is 5.75 Å². The molecule has 0 heterocycles. The van der Waals surface area contributed by atoms with E-state index in [1.807, 2.05) is 12.1 Å². The van der Waals surface area contributed by atoms with Crippen LogP contribution in [0, 0.1) is 0 Å². The van der Waals surface area contributed by atoms with Crippen molar-refractivity contribution in [1.29, 1.82) is 0 Å². The second-order valence-electron chi connectivity index (χ2n) is 6.72. The molecular formula is C21H25N3O6. The zero-order valence-electron chi connectivity index (χ0n) is 16.7. The van der Waals surface area contributed by atoms with Crippen LogP contribution >= 0.6 is 0 Å². The lowest BCUT2D eigenvalue weighted by Crippen LogP contribution is -2.55. The summed E-state index contributed by atoms with van der Waals surface area (Å²) in [7, 11) is 0. The van der Waals surface area contributed by atoms with E-state index in [9.17, 15) is 14.4 Å². The van der Waals surface area contributed by atoms with Crippen LogP contribution in [0.5, 0.6) is 5.75 Å². The molecule has 2 rings (SSSR count). The molecule has 0 spiro atoms.